The van der Waals surface area contributed by atoms with Gasteiger partial charge in [-0.25, -0.2) is 9.37 Å². The standard InChI is InChI=1S/C34H38FN5O6S/c1-22-18-31(39-40(22)2)33(42)38-28-15-13-27(14-16-28)37-32(41)30-20-26(35)21-36-34(30)46-29-8-4-7-25(19-29)24-11-9-23(10-12-24)6-5-17-45-47(3,43)44/h4,7-12,18-21,27-28H,5-6,13-17H2,1-3H3,(H,37,41)(H,38,42). The quantitative estimate of drug-likeness (QED) is 0.158. The minimum absolute atomic E-state index is 0.0134. The molecule has 2 aromatic carbocycles. The van der Waals surface area contributed by atoms with Gasteiger partial charge in [0.25, 0.3) is 21.9 Å². The summed E-state index contributed by atoms with van der Waals surface area (Å²) in [5.41, 5.74) is 4.09. The number of nitrogens with zero attached hydrogens (tertiary/aromatic N) is 3. The van der Waals surface area contributed by atoms with Gasteiger partial charge in [0.05, 0.1) is 19.1 Å². The van der Waals surface area contributed by atoms with E-state index >= 15 is 0 Å². The SMILES string of the molecule is Cc1cc(C(=O)NC2CCC(NC(=O)c3cc(F)cnc3Oc3cccc(-c4ccc(CCCOS(C)(=O)=O)cc4)c3)CC2)nn1C. The Balaban J connectivity index is 1.17. The van der Waals surface area contributed by atoms with Gasteiger partial charge in [-0.15, -0.1) is 0 Å². The van der Waals surface area contributed by atoms with E-state index in [0.717, 1.165) is 40.9 Å². The predicted octanol–water partition coefficient (Wildman–Crippen LogP) is 5.10. The third-order valence-electron chi connectivity index (χ3n) is 8.05. The van der Waals surface area contributed by atoms with E-state index < -0.39 is 21.8 Å². The second-order valence-corrected chi connectivity index (χ2v) is 13.4. The van der Waals surface area contributed by atoms with Gasteiger partial charge in [-0.2, -0.15) is 13.5 Å². The zero-order valence-corrected chi connectivity index (χ0v) is 27.3. The molecule has 2 heterocycles. The van der Waals surface area contributed by atoms with Crippen molar-refractivity contribution in [1.82, 2.24) is 25.4 Å². The van der Waals surface area contributed by atoms with Crippen LogP contribution < -0.4 is 15.4 Å². The Bertz CT molecular complexity index is 1820. The van der Waals surface area contributed by atoms with Gasteiger partial charge in [-0.3, -0.25) is 18.5 Å². The van der Waals surface area contributed by atoms with Crippen LogP contribution in [0, 0.1) is 12.7 Å². The van der Waals surface area contributed by atoms with E-state index in [-0.39, 0.29) is 36.0 Å². The molecule has 2 aromatic heterocycles. The number of pyridine rings is 1. The van der Waals surface area contributed by atoms with Gasteiger partial charge < -0.3 is 15.4 Å². The van der Waals surface area contributed by atoms with Crippen molar-refractivity contribution in [2.75, 3.05) is 12.9 Å². The Kier molecular flexibility index (Phi) is 10.7. The fourth-order valence-electron chi connectivity index (χ4n) is 5.45. The van der Waals surface area contributed by atoms with Crippen molar-refractivity contribution in [3.8, 4) is 22.8 Å². The van der Waals surface area contributed by atoms with Crippen molar-refractivity contribution in [3.63, 3.8) is 0 Å². The largest absolute Gasteiger partial charge is 0.438 e. The van der Waals surface area contributed by atoms with Gasteiger partial charge in [0, 0.05) is 24.8 Å². The Labute approximate surface area is 273 Å². The van der Waals surface area contributed by atoms with Crippen molar-refractivity contribution in [2.45, 2.75) is 57.5 Å². The number of amides is 2. The molecule has 2 N–H and O–H groups in total. The third kappa shape index (κ3) is 9.46. The highest BCUT2D eigenvalue weighted by atomic mass is 32.2. The van der Waals surface area contributed by atoms with Crippen LogP contribution in [0.1, 0.15) is 64.2 Å². The fraction of sp³-hybridized carbons (Fsp3) is 0.353. The number of hydrogen-bond donors (Lipinski definition) is 2. The van der Waals surface area contributed by atoms with Crippen molar-refractivity contribution in [1.29, 1.82) is 0 Å². The fourth-order valence-corrected chi connectivity index (χ4v) is 5.87. The molecule has 2 amide bonds. The lowest BCUT2D eigenvalue weighted by molar-refractivity contribution is 0.0887. The summed E-state index contributed by atoms with van der Waals surface area (Å²) in [4.78, 5) is 30.0. The van der Waals surface area contributed by atoms with E-state index in [1.54, 1.807) is 23.9 Å². The highest BCUT2D eigenvalue weighted by molar-refractivity contribution is 7.85. The number of halogens is 1. The molecule has 0 bridgehead atoms. The molecule has 0 saturated heterocycles. The zero-order valence-electron chi connectivity index (χ0n) is 26.5. The third-order valence-corrected chi connectivity index (χ3v) is 8.64. The number of ether oxygens (including phenoxy) is 1. The molecule has 248 valence electrons. The summed E-state index contributed by atoms with van der Waals surface area (Å²) in [7, 11) is -1.66. The van der Waals surface area contributed by atoms with Gasteiger partial charge >= 0.3 is 0 Å². The molecule has 0 atom stereocenters. The highest BCUT2D eigenvalue weighted by Gasteiger charge is 2.26. The maximum Gasteiger partial charge on any atom is 0.272 e. The molecule has 0 radical (unpaired) electrons. The average Bonchev–Trinajstić information content (AvgIpc) is 3.39. The lowest BCUT2D eigenvalue weighted by Crippen LogP contribution is -2.44. The monoisotopic (exact) mass is 663 g/mol. The van der Waals surface area contributed by atoms with Crippen LogP contribution in [-0.4, -0.2) is 59.9 Å². The highest BCUT2D eigenvalue weighted by Crippen LogP contribution is 2.29. The number of nitrogens with one attached hydrogen (secondary N) is 2. The van der Waals surface area contributed by atoms with Crippen molar-refractivity contribution >= 4 is 21.9 Å². The molecule has 47 heavy (non-hydrogen) atoms. The number of benzene rings is 2. The molecule has 0 spiro atoms. The first-order chi connectivity index (χ1) is 22.4. The van der Waals surface area contributed by atoms with Crippen LogP contribution in [-0.2, 0) is 27.8 Å². The Morgan fingerprint density at radius 3 is 2.28 bits per heavy atom. The van der Waals surface area contributed by atoms with Crippen LogP contribution in [0.4, 0.5) is 4.39 Å². The lowest BCUT2D eigenvalue weighted by atomic mass is 9.91. The molecule has 5 rings (SSSR count). The number of hydrogen-bond acceptors (Lipinski definition) is 8. The van der Waals surface area contributed by atoms with Crippen LogP contribution in [0.25, 0.3) is 11.1 Å². The molecule has 11 nitrogen and oxygen atoms in total. The maximum absolute atomic E-state index is 14.3. The Morgan fingerprint density at radius 1 is 0.957 bits per heavy atom. The van der Waals surface area contributed by atoms with Gasteiger partial charge in [-0.05, 0) is 86.4 Å². The molecule has 1 saturated carbocycles. The molecule has 0 unspecified atom stereocenters. The summed E-state index contributed by atoms with van der Waals surface area (Å²) in [5, 5.41) is 10.2. The number of aryl methyl sites for hydroxylation is 3. The van der Waals surface area contributed by atoms with E-state index in [1.807, 2.05) is 49.4 Å². The Hall–Kier alpha value is -4.62. The van der Waals surface area contributed by atoms with E-state index in [0.29, 0.717) is 50.0 Å². The summed E-state index contributed by atoms with van der Waals surface area (Å²) in [6.07, 6.45) is 5.93. The van der Waals surface area contributed by atoms with Crippen molar-refractivity contribution in [3.05, 3.63) is 95.2 Å². The smallest absolute Gasteiger partial charge is 0.272 e. The molecule has 1 fully saturated rings. The maximum atomic E-state index is 14.3. The average molecular weight is 664 g/mol. The number of carbonyl (C=O) groups excluding carboxylic acids is 2. The molecule has 13 heteroatoms. The molecular formula is C34H38FN5O6S. The minimum atomic E-state index is -3.45. The molecule has 4 aromatic rings. The van der Waals surface area contributed by atoms with E-state index in [4.69, 9.17) is 8.92 Å². The second-order valence-electron chi connectivity index (χ2n) is 11.8. The first kappa shape index (κ1) is 33.7. The van der Waals surface area contributed by atoms with Crippen LogP contribution in [0.3, 0.4) is 0 Å². The van der Waals surface area contributed by atoms with Crippen LogP contribution >= 0.6 is 0 Å². The van der Waals surface area contributed by atoms with E-state index in [2.05, 4.69) is 20.7 Å². The summed E-state index contributed by atoms with van der Waals surface area (Å²) in [6.45, 7) is 2.01. The van der Waals surface area contributed by atoms with Crippen LogP contribution in [0.2, 0.25) is 0 Å². The van der Waals surface area contributed by atoms with Gasteiger partial charge in [0.15, 0.2) is 0 Å². The van der Waals surface area contributed by atoms with Gasteiger partial charge in [-0.1, -0.05) is 36.4 Å². The normalized spacial score (nSPS) is 16.4. The van der Waals surface area contributed by atoms with Crippen molar-refractivity contribution in [2.24, 2.45) is 7.05 Å². The van der Waals surface area contributed by atoms with E-state index in [9.17, 15) is 22.4 Å². The van der Waals surface area contributed by atoms with Gasteiger partial charge in [0.1, 0.15) is 22.8 Å². The molecule has 0 aliphatic heterocycles. The lowest BCUT2D eigenvalue weighted by Gasteiger charge is -2.29. The first-order valence-corrected chi connectivity index (χ1v) is 17.2. The summed E-state index contributed by atoms with van der Waals surface area (Å²) in [5.74, 6) is -0.951. The van der Waals surface area contributed by atoms with E-state index in [1.165, 1.54) is 0 Å². The molecular weight excluding hydrogens is 625 g/mol. The summed E-state index contributed by atoms with van der Waals surface area (Å²) < 4.78 is 49.0. The van der Waals surface area contributed by atoms with Gasteiger partial charge in [0.2, 0.25) is 5.88 Å². The summed E-state index contributed by atoms with van der Waals surface area (Å²) in [6, 6.07) is 17.8. The predicted molar refractivity (Wildman–Crippen MR) is 174 cm³/mol. The molecule has 1 aliphatic carbocycles. The van der Waals surface area contributed by atoms with Crippen molar-refractivity contribution < 1.29 is 31.3 Å². The zero-order chi connectivity index (χ0) is 33.6. The first-order valence-electron chi connectivity index (χ1n) is 15.4. The minimum Gasteiger partial charge on any atom is -0.438 e. The number of carbonyl (C=O) groups is 2. The Morgan fingerprint density at radius 2 is 1.64 bits per heavy atom. The summed E-state index contributed by atoms with van der Waals surface area (Å²) >= 11 is 0. The van der Waals surface area contributed by atoms with Crippen LogP contribution in [0.5, 0.6) is 11.6 Å². The number of aromatic nitrogens is 3. The topological polar surface area (TPSA) is 142 Å². The second kappa shape index (κ2) is 14.9. The molecule has 1 aliphatic rings. The van der Waals surface area contributed by atoms with Crippen LogP contribution in [0.15, 0.2) is 66.9 Å². The number of rotatable bonds is 12.